The van der Waals surface area contributed by atoms with Crippen LogP contribution in [-0.4, -0.2) is 54.3 Å². The van der Waals surface area contributed by atoms with Gasteiger partial charge in [0.2, 0.25) is 11.2 Å². The predicted octanol–water partition coefficient (Wildman–Crippen LogP) is 1.16. The van der Waals surface area contributed by atoms with Crippen molar-refractivity contribution >= 4 is 0 Å². The highest BCUT2D eigenvalue weighted by Gasteiger charge is 2.19. The number of piperidine rings is 1. The lowest BCUT2D eigenvalue weighted by Gasteiger charge is -2.27. The van der Waals surface area contributed by atoms with Gasteiger partial charge in [-0.05, 0) is 25.9 Å². The maximum absolute atomic E-state index is 12.0. The maximum atomic E-state index is 12.0. The third kappa shape index (κ3) is 3.88. The van der Waals surface area contributed by atoms with Gasteiger partial charge in [0, 0.05) is 19.2 Å². The molecule has 1 aromatic rings. The topological polar surface area (TPSA) is 66.2 Å². The molecule has 2 aliphatic heterocycles. The minimum atomic E-state index is -0.346. The van der Waals surface area contributed by atoms with Gasteiger partial charge < -0.3 is 14.3 Å². The first-order chi connectivity index (χ1) is 10.7. The summed E-state index contributed by atoms with van der Waals surface area (Å²) in [5.41, 5.74) is -0.346. The van der Waals surface area contributed by atoms with Crippen molar-refractivity contribution in [2.45, 2.75) is 32.4 Å². The smallest absolute Gasteiger partial charge is 0.227 e. The Balaban J connectivity index is 1.72. The van der Waals surface area contributed by atoms with E-state index < -0.39 is 0 Å². The van der Waals surface area contributed by atoms with Crippen molar-refractivity contribution in [2.24, 2.45) is 0 Å². The fraction of sp³-hybridized carbons (Fsp3) is 0.688. The average Bonchev–Trinajstić information content (AvgIpc) is 2.54. The number of morpholine rings is 1. The van der Waals surface area contributed by atoms with E-state index in [-0.39, 0.29) is 11.2 Å². The zero-order valence-electron chi connectivity index (χ0n) is 12.9. The molecule has 1 N–H and O–H groups in total. The van der Waals surface area contributed by atoms with E-state index in [1.54, 1.807) is 0 Å². The van der Waals surface area contributed by atoms with Crippen LogP contribution in [0.3, 0.4) is 0 Å². The van der Waals surface area contributed by atoms with Crippen molar-refractivity contribution in [3.63, 3.8) is 0 Å². The normalized spacial score (nSPS) is 21.1. The van der Waals surface area contributed by atoms with Crippen LogP contribution >= 0.6 is 0 Å². The van der Waals surface area contributed by atoms with Gasteiger partial charge in [0.15, 0.2) is 5.76 Å². The van der Waals surface area contributed by atoms with Crippen LogP contribution in [0, 0.1) is 0 Å². The van der Waals surface area contributed by atoms with Gasteiger partial charge in [0.05, 0.1) is 26.3 Å². The number of ether oxygens (including phenoxy) is 1. The van der Waals surface area contributed by atoms with Crippen molar-refractivity contribution in [1.29, 1.82) is 0 Å². The van der Waals surface area contributed by atoms with Gasteiger partial charge in [-0.25, -0.2) is 0 Å². The first kappa shape index (κ1) is 15.5. The lowest BCUT2D eigenvalue weighted by atomic mass is 10.1. The van der Waals surface area contributed by atoms with E-state index in [0.29, 0.717) is 37.8 Å². The van der Waals surface area contributed by atoms with E-state index in [0.717, 1.165) is 26.2 Å². The van der Waals surface area contributed by atoms with Gasteiger partial charge in [0.25, 0.3) is 0 Å². The quantitative estimate of drug-likeness (QED) is 0.900. The monoisotopic (exact) mass is 308 g/mol. The van der Waals surface area contributed by atoms with Crippen LogP contribution in [0.2, 0.25) is 0 Å². The Kier molecular flexibility index (Phi) is 5.12. The molecule has 0 saturated carbocycles. The van der Waals surface area contributed by atoms with Crippen molar-refractivity contribution in [2.75, 3.05) is 39.4 Å². The highest BCUT2D eigenvalue weighted by atomic mass is 16.5. The maximum Gasteiger partial charge on any atom is 0.227 e. The Morgan fingerprint density at radius 1 is 1.00 bits per heavy atom. The highest BCUT2D eigenvalue weighted by molar-refractivity contribution is 5.25. The van der Waals surface area contributed by atoms with Crippen LogP contribution in [0.4, 0.5) is 0 Å². The fourth-order valence-corrected chi connectivity index (χ4v) is 3.07. The molecule has 0 unspecified atom stereocenters. The molecule has 1 aromatic heterocycles. The Labute approximate surface area is 130 Å². The fourth-order valence-electron chi connectivity index (χ4n) is 3.07. The Morgan fingerprint density at radius 3 is 2.41 bits per heavy atom. The van der Waals surface area contributed by atoms with E-state index in [2.05, 4.69) is 9.80 Å². The molecule has 0 aliphatic carbocycles. The molecule has 3 rings (SSSR count). The number of aromatic hydroxyl groups is 1. The zero-order valence-corrected chi connectivity index (χ0v) is 12.9. The summed E-state index contributed by atoms with van der Waals surface area (Å²) >= 11 is 0. The number of hydrogen-bond acceptors (Lipinski definition) is 6. The largest absolute Gasteiger partial charge is 0.502 e. The molecular weight excluding hydrogens is 284 g/mol. The summed E-state index contributed by atoms with van der Waals surface area (Å²) < 4.78 is 11.1. The second kappa shape index (κ2) is 7.26. The molecule has 0 amide bonds. The van der Waals surface area contributed by atoms with Gasteiger partial charge in [-0.1, -0.05) is 6.42 Å². The van der Waals surface area contributed by atoms with Crippen LogP contribution in [0.1, 0.15) is 30.8 Å². The van der Waals surface area contributed by atoms with E-state index in [1.807, 2.05) is 0 Å². The molecular formula is C16H24N2O4. The standard InChI is InChI=1S/C16H24N2O4/c19-14-10-13(11-17-4-2-1-3-5-17)22-15(16(14)20)12-18-6-8-21-9-7-18/h10,20H,1-9,11-12H2. The van der Waals surface area contributed by atoms with Crippen molar-refractivity contribution in [3.05, 3.63) is 27.8 Å². The lowest BCUT2D eigenvalue weighted by molar-refractivity contribution is 0.0301. The molecule has 6 heteroatoms. The summed E-state index contributed by atoms with van der Waals surface area (Å²) in [7, 11) is 0. The molecule has 2 fully saturated rings. The molecule has 22 heavy (non-hydrogen) atoms. The Hall–Kier alpha value is -1.37. The summed E-state index contributed by atoms with van der Waals surface area (Å²) in [6, 6.07) is 1.42. The number of nitrogens with zero attached hydrogens (tertiary/aromatic N) is 2. The second-order valence-corrected chi connectivity index (χ2v) is 6.07. The Bertz CT molecular complexity index is 546. The van der Waals surface area contributed by atoms with Crippen molar-refractivity contribution in [3.8, 4) is 5.75 Å². The summed E-state index contributed by atoms with van der Waals surface area (Å²) in [6.45, 7) is 6.13. The lowest BCUT2D eigenvalue weighted by Crippen LogP contribution is -2.36. The zero-order chi connectivity index (χ0) is 15.4. The van der Waals surface area contributed by atoms with E-state index in [9.17, 15) is 9.90 Å². The molecule has 0 radical (unpaired) electrons. The van der Waals surface area contributed by atoms with Crippen LogP contribution in [0.5, 0.6) is 5.75 Å². The van der Waals surface area contributed by atoms with Crippen LogP contribution in [-0.2, 0) is 17.8 Å². The van der Waals surface area contributed by atoms with Crippen LogP contribution < -0.4 is 5.43 Å². The molecule has 122 valence electrons. The molecule has 0 aromatic carbocycles. The van der Waals surface area contributed by atoms with Gasteiger partial charge in [0.1, 0.15) is 5.76 Å². The molecule has 2 aliphatic rings. The first-order valence-electron chi connectivity index (χ1n) is 8.10. The summed E-state index contributed by atoms with van der Waals surface area (Å²) in [5, 5.41) is 9.98. The minimum absolute atomic E-state index is 0.256. The third-order valence-corrected chi connectivity index (χ3v) is 4.34. The van der Waals surface area contributed by atoms with Crippen LogP contribution in [0.25, 0.3) is 0 Å². The van der Waals surface area contributed by atoms with Crippen LogP contribution in [0.15, 0.2) is 15.3 Å². The molecule has 0 bridgehead atoms. The summed E-state index contributed by atoms with van der Waals surface area (Å²) in [6.07, 6.45) is 3.67. The highest BCUT2D eigenvalue weighted by Crippen LogP contribution is 2.19. The van der Waals surface area contributed by atoms with E-state index >= 15 is 0 Å². The Morgan fingerprint density at radius 2 is 1.68 bits per heavy atom. The van der Waals surface area contributed by atoms with Gasteiger partial charge in [-0.15, -0.1) is 0 Å². The first-order valence-corrected chi connectivity index (χ1v) is 8.10. The van der Waals surface area contributed by atoms with Crippen molar-refractivity contribution < 1.29 is 14.3 Å². The summed E-state index contributed by atoms with van der Waals surface area (Å²) in [4.78, 5) is 16.4. The summed E-state index contributed by atoms with van der Waals surface area (Å²) in [5.74, 6) is 0.767. The second-order valence-electron chi connectivity index (χ2n) is 6.07. The van der Waals surface area contributed by atoms with Crippen molar-refractivity contribution in [1.82, 2.24) is 9.80 Å². The molecule has 0 atom stereocenters. The number of rotatable bonds is 4. The van der Waals surface area contributed by atoms with Gasteiger partial charge in [-0.2, -0.15) is 0 Å². The predicted molar refractivity (Wildman–Crippen MR) is 81.9 cm³/mol. The van der Waals surface area contributed by atoms with Gasteiger partial charge in [-0.3, -0.25) is 14.6 Å². The molecule has 3 heterocycles. The molecule has 2 saturated heterocycles. The molecule has 0 spiro atoms. The average molecular weight is 308 g/mol. The SMILES string of the molecule is O=c1cc(CN2CCCCC2)oc(CN2CCOCC2)c1O. The van der Waals surface area contributed by atoms with E-state index in [1.165, 1.54) is 25.3 Å². The molecule has 6 nitrogen and oxygen atoms in total. The van der Waals surface area contributed by atoms with Gasteiger partial charge >= 0.3 is 0 Å². The number of hydrogen-bond donors (Lipinski definition) is 1. The number of likely N-dealkylation sites (tertiary alicyclic amines) is 1. The third-order valence-electron chi connectivity index (χ3n) is 4.34. The van der Waals surface area contributed by atoms with E-state index in [4.69, 9.17) is 9.15 Å². The minimum Gasteiger partial charge on any atom is -0.502 e.